The molecule has 1 amide bonds. The molecule has 1 N–H and O–H groups in total. The summed E-state index contributed by atoms with van der Waals surface area (Å²) in [5.41, 5.74) is 4.99. The van der Waals surface area contributed by atoms with E-state index in [1.54, 1.807) is 32.4 Å². The van der Waals surface area contributed by atoms with E-state index < -0.39 is 0 Å². The first-order chi connectivity index (χ1) is 14.1. The zero-order chi connectivity index (χ0) is 20.4. The molecule has 0 aromatic heterocycles. The van der Waals surface area contributed by atoms with Crippen LogP contribution >= 0.6 is 0 Å². The number of methoxy groups -OCH3 is 2. The lowest BCUT2D eigenvalue weighted by molar-refractivity contribution is 0.102. The molecular formula is C24H24N2O3. The van der Waals surface area contributed by atoms with E-state index >= 15 is 0 Å². The number of hydrogen-bond donors (Lipinski definition) is 1. The van der Waals surface area contributed by atoms with Gasteiger partial charge in [0.25, 0.3) is 5.91 Å². The number of carbonyl (C=O) groups excluding carboxylic acids is 1. The smallest absolute Gasteiger partial charge is 0.255 e. The van der Waals surface area contributed by atoms with Crippen molar-refractivity contribution in [3.05, 3.63) is 77.9 Å². The van der Waals surface area contributed by atoms with Crippen LogP contribution in [0.5, 0.6) is 11.5 Å². The van der Waals surface area contributed by atoms with Crippen LogP contribution in [0.4, 0.5) is 17.1 Å². The summed E-state index contributed by atoms with van der Waals surface area (Å²) in [6, 6.07) is 22.0. The van der Waals surface area contributed by atoms with Crippen molar-refractivity contribution in [2.75, 3.05) is 24.4 Å². The largest absolute Gasteiger partial charge is 0.493 e. The fraction of sp³-hybridized carbons (Fsp3) is 0.208. The van der Waals surface area contributed by atoms with Crippen molar-refractivity contribution in [3.63, 3.8) is 0 Å². The number of ether oxygens (including phenoxy) is 2. The van der Waals surface area contributed by atoms with Crippen LogP contribution in [0, 0.1) is 0 Å². The van der Waals surface area contributed by atoms with Crippen molar-refractivity contribution >= 4 is 23.0 Å². The molecule has 0 spiro atoms. The lowest BCUT2D eigenvalue weighted by Crippen LogP contribution is -2.23. The summed E-state index contributed by atoms with van der Waals surface area (Å²) < 4.78 is 10.5. The van der Waals surface area contributed by atoms with Gasteiger partial charge in [-0.1, -0.05) is 18.2 Å². The summed E-state index contributed by atoms with van der Waals surface area (Å²) in [7, 11) is 3.12. The minimum absolute atomic E-state index is 0.196. The Morgan fingerprint density at radius 2 is 1.69 bits per heavy atom. The molecule has 29 heavy (non-hydrogen) atoms. The third-order valence-corrected chi connectivity index (χ3v) is 5.26. The number of hydrogen-bond acceptors (Lipinski definition) is 4. The fourth-order valence-corrected chi connectivity index (χ4v) is 3.85. The third-order valence-electron chi connectivity index (χ3n) is 5.26. The van der Waals surface area contributed by atoms with Gasteiger partial charge in [0.1, 0.15) is 0 Å². The van der Waals surface area contributed by atoms with Gasteiger partial charge in [0.05, 0.1) is 14.2 Å². The Kier molecular flexibility index (Phi) is 5.12. The van der Waals surface area contributed by atoms with Crippen molar-refractivity contribution in [2.45, 2.75) is 19.4 Å². The molecule has 1 aliphatic heterocycles. The Morgan fingerprint density at radius 3 is 2.41 bits per heavy atom. The monoisotopic (exact) mass is 388 g/mol. The van der Waals surface area contributed by atoms with E-state index in [4.69, 9.17) is 9.47 Å². The van der Waals surface area contributed by atoms with E-state index in [0.717, 1.165) is 17.8 Å². The van der Waals surface area contributed by atoms with Crippen LogP contribution in [0.25, 0.3) is 0 Å². The highest BCUT2D eigenvalue weighted by molar-refractivity contribution is 6.04. The summed E-state index contributed by atoms with van der Waals surface area (Å²) >= 11 is 0. The SMILES string of the molecule is COc1ccc(C(=O)Nc2ccc(N3c4ccccc4CC3C)cc2)cc1OC. The maximum Gasteiger partial charge on any atom is 0.255 e. The standard InChI is InChI=1S/C24H24N2O3/c1-16-14-17-6-4-5-7-21(17)26(16)20-11-9-19(10-12-20)25-24(27)18-8-13-22(28-2)23(15-18)29-3/h4-13,15-16H,14H2,1-3H3,(H,25,27). The van der Waals surface area contributed by atoms with Crippen molar-refractivity contribution in [1.29, 1.82) is 0 Å². The highest BCUT2D eigenvalue weighted by Gasteiger charge is 2.26. The molecular weight excluding hydrogens is 364 g/mol. The van der Waals surface area contributed by atoms with Crippen LogP contribution in [-0.4, -0.2) is 26.2 Å². The number of anilines is 3. The topological polar surface area (TPSA) is 50.8 Å². The van der Waals surface area contributed by atoms with Crippen LogP contribution < -0.4 is 19.7 Å². The fourth-order valence-electron chi connectivity index (χ4n) is 3.85. The van der Waals surface area contributed by atoms with Gasteiger partial charge in [-0.25, -0.2) is 0 Å². The van der Waals surface area contributed by atoms with Gasteiger partial charge in [0, 0.05) is 28.7 Å². The number of amides is 1. The molecule has 3 aromatic carbocycles. The molecule has 1 unspecified atom stereocenters. The maximum atomic E-state index is 12.6. The second kappa shape index (κ2) is 7.87. The van der Waals surface area contributed by atoms with Crippen molar-refractivity contribution in [1.82, 2.24) is 0 Å². The van der Waals surface area contributed by atoms with Crippen molar-refractivity contribution in [2.24, 2.45) is 0 Å². The van der Waals surface area contributed by atoms with Crippen LogP contribution in [0.2, 0.25) is 0 Å². The van der Waals surface area contributed by atoms with Gasteiger partial charge in [-0.3, -0.25) is 4.79 Å². The highest BCUT2D eigenvalue weighted by Crippen LogP contribution is 2.38. The molecule has 148 valence electrons. The Hall–Kier alpha value is -3.47. The summed E-state index contributed by atoms with van der Waals surface area (Å²) in [6.07, 6.45) is 1.04. The molecule has 5 heteroatoms. The van der Waals surface area contributed by atoms with E-state index in [1.807, 2.05) is 24.3 Å². The number of nitrogens with zero attached hydrogens (tertiary/aromatic N) is 1. The van der Waals surface area contributed by atoms with Gasteiger partial charge in [0.15, 0.2) is 11.5 Å². The van der Waals surface area contributed by atoms with Crippen LogP contribution in [0.3, 0.4) is 0 Å². The van der Waals surface area contributed by atoms with Gasteiger partial charge in [-0.2, -0.15) is 0 Å². The van der Waals surface area contributed by atoms with Crippen LogP contribution in [0.1, 0.15) is 22.8 Å². The first-order valence-electron chi connectivity index (χ1n) is 9.61. The lowest BCUT2D eigenvalue weighted by Gasteiger charge is -2.25. The number of carbonyl (C=O) groups is 1. The number of para-hydroxylation sites is 1. The minimum Gasteiger partial charge on any atom is -0.493 e. The minimum atomic E-state index is -0.196. The number of fused-ring (bicyclic) bond motifs is 1. The second-order valence-corrected chi connectivity index (χ2v) is 7.12. The second-order valence-electron chi connectivity index (χ2n) is 7.12. The Balaban J connectivity index is 1.51. The summed E-state index contributed by atoms with van der Waals surface area (Å²) in [5.74, 6) is 0.921. The normalized spacial score (nSPS) is 15.0. The molecule has 1 atom stereocenters. The highest BCUT2D eigenvalue weighted by atomic mass is 16.5. The predicted molar refractivity (Wildman–Crippen MR) is 116 cm³/mol. The number of rotatable bonds is 5. The Bertz CT molecular complexity index is 1030. The Morgan fingerprint density at radius 1 is 0.966 bits per heavy atom. The van der Waals surface area contributed by atoms with E-state index in [9.17, 15) is 4.79 Å². The average Bonchev–Trinajstić information content (AvgIpc) is 3.09. The molecule has 5 nitrogen and oxygen atoms in total. The molecule has 0 fully saturated rings. The van der Waals surface area contributed by atoms with Crippen LogP contribution in [0.15, 0.2) is 66.7 Å². The number of benzene rings is 3. The molecule has 0 saturated heterocycles. The molecule has 0 radical (unpaired) electrons. The van der Waals surface area contributed by atoms with Gasteiger partial charge in [0.2, 0.25) is 0 Å². The van der Waals surface area contributed by atoms with Crippen molar-refractivity contribution in [3.8, 4) is 11.5 Å². The molecule has 1 aliphatic rings. The molecule has 0 saturated carbocycles. The first-order valence-corrected chi connectivity index (χ1v) is 9.61. The van der Waals surface area contributed by atoms with Gasteiger partial charge in [-0.15, -0.1) is 0 Å². The van der Waals surface area contributed by atoms with Crippen LogP contribution in [-0.2, 0) is 6.42 Å². The zero-order valence-electron chi connectivity index (χ0n) is 16.8. The molecule has 1 heterocycles. The molecule has 0 aliphatic carbocycles. The zero-order valence-corrected chi connectivity index (χ0v) is 16.8. The maximum absolute atomic E-state index is 12.6. The average molecular weight is 388 g/mol. The van der Waals surface area contributed by atoms with E-state index in [0.29, 0.717) is 23.1 Å². The summed E-state index contributed by atoms with van der Waals surface area (Å²) in [4.78, 5) is 15.0. The molecule has 4 rings (SSSR count). The van der Waals surface area contributed by atoms with E-state index in [1.165, 1.54) is 11.3 Å². The van der Waals surface area contributed by atoms with Gasteiger partial charge >= 0.3 is 0 Å². The quantitative estimate of drug-likeness (QED) is 0.665. The predicted octanol–water partition coefficient (Wildman–Crippen LogP) is 5.04. The Labute approximate surface area is 170 Å². The summed E-state index contributed by atoms with van der Waals surface area (Å²) in [6.45, 7) is 2.23. The number of nitrogens with one attached hydrogen (secondary N) is 1. The summed E-state index contributed by atoms with van der Waals surface area (Å²) in [5, 5.41) is 2.94. The third kappa shape index (κ3) is 3.63. The molecule has 3 aromatic rings. The van der Waals surface area contributed by atoms with E-state index in [-0.39, 0.29) is 5.91 Å². The van der Waals surface area contributed by atoms with Crippen molar-refractivity contribution < 1.29 is 14.3 Å². The van der Waals surface area contributed by atoms with Gasteiger partial charge < -0.3 is 19.7 Å². The molecule has 0 bridgehead atoms. The van der Waals surface area contributed by atoms with Gasteiger partial charge in [-0.05, 0) is 67.4 Å². The first kappa shape index (κ1) is 18.9. The lowest BCUT2D eigenvalue weighted by atomic mass is 10.1. The van der Waals surface area contributed by atoms with E-state index in [2.05, 4.69) is 41.4 Å².